The smallest absolute Gasteiger partial charge is 0.306 e. The standard InChI is InChI=1S/C16H15ClO2/c1-2-15(18)19-16(12-6-4-3-5-7-12)13-8-10-14(17)11-9-13/h3-11,16H,2H2,1H3/t16-/m0/s1. The number of halogens is 1. The van der Waals surface area contributed by atoms with E-state index in [-0.39, 0.29) is 12.1 Å². The van der Waals surface area contributed by atoms with Crippen molar-refractivity contribution in [1.29, 1.82) is 0 Å². The van der Waals surface area contributed by atoms with Gasteiger partial charge < -0.3 is 4.74 Å². The number of benzene rings is 2. The molecule has 0 saturated heterocycles. The second kappa shape index (κ2) is 6.39. The molecule has 2 nitrogen and oxygen atoms in total. The minimum absolute atomic E-state index is 0.219. The molecule has 0 fully saturated rings. The van der Waals surface area contributed by atoms with Gasteiger partial charge in [0.1, 0.15) is 0 Å². The predicted octanol–water partition coefficient (Wildman–Crippen LogP) is 4.38. The number of rotatable bonds is 4. The van der Waals surface area contributed by atoms with Crippen LogP contribution in [0.2, 0.25) is 5.02 Å². The van der Waals surface area contributed by atoms with Crippen LogP contribution in [-0.4, -0.2) is 5.97 Å². The average molecular weight is 275 g/mol. The summed E-state index contributed by atoms with van der Waals surface area (Å²) in [5.74, 6) is -0.219. The molecule has 3 heteroatoms. The van der Waals surface area contributed by atoms with Crippen molar-refractivity contribution in [3.05, 3.63) is 70.7 Å². The molecule has 1 atom stereocenters. The Hall–Kier alpha value is -1.80. The molecule has 2 aromatic rings. The van der Waals surface area contributed by atoms with Crippen LogP contribution in [0.5, 0.6) is 0 Å². The molecule has 0 aliphatic rings. The normalized spacial score (nSPS) is 11.9. The summed E-state index contributed by atoms with van der Waals surface area (Å²) in [6.45, 7) is 1.78. The van der Waals surface area contributed by atoms with Crippen molar-refractivity contribution in [2.45, 2.75) is 19.4 Å². The van der Waals surface area contributed by atoms with Gasteiger partial charge in [0.25, 0.3) is 0 Å². The van der Waals surface area contributed by atoms with Crippen LogP contribution < -0.4 is 0 Å². The van der Waals surface area contributed by atoms with E-state index in [0.717, 1.165) is 11.1 Å². The molecule has 0 amide bonds. The Kier molecular flexibility index (Phi) is 4.58. The lowest BCUT2D eigenvalue weighted by Gasteiger charge is -2.18. The quantitative estimate of drug-likeness (QED) is 0.773. The minimum Gasteiger partial charge on any atom is -0.453 e. The number of hydrogen-bond acceptors (Lipinski definition) is 2. The zero-order valence-electron chi connectivity index (χ0n) is 10.7. The van der Waals surface area contributed by atoms with Crippen LogP contribution in [0, 0.1) is 0 Å². The average Bonchev–Trinajstić information content (AvgIpc) is 2.46. The van der Waals surface area contributed by atoms with Crippen LogP contribution in [0.1, 0.15) is 30.6 Å². The van der Waals surface area contributed by atoms with Crippen molar-refractivity contribution < 1.29 is 9.53 Å². The molecule has 0 N–H and O–H groups in total. The SMILES string of the molecule is CCC(=O)O[C@@H](c1ccccc1)c1ccc(Cl)cc1. The topological polar surface area (TPSA) is 26.3 Å². The van der Waals surface area contributed by atoms with E-state index in [1.807, 2.05) is 42.5 Å². The van der Waals surface area contributed by atoms with E-state index >= 15 is 0 Å². The van der Waals surface area contributed by atoms with Gasteiger partial charge in [0, 0.05) is 11.4 Å². The summed E-state index contributed by atoms with van der Waals surface area (Å²) < 4.78 is 5.53. The van der Waals surface area contributed by atoms with Crippen LogP contribution >= 0.6 is 11.6 Å². The molecule has 0 heterocycles. The third kappa shape index (κ3) is 3.58. The molecule has 19 heavy (non-hydrogen) atoms. The first-order valence-electron chi connectivity index (χ1n) is 6.20. The Morgan fingerprint density at radius 3 is 2.21 bits per heavy atom. The van der Waals surface area contributed by atoms with Gasteiger partial charge in [-0.15, -0.1) is 0 Å². The van der Waals surface area contributed by atoms with Gasteiger partial charge in [-0.25, -0.2) is 0 Å². The largest absolute Gasteiger partial charge is 0.453 e. The summed E-state index contributed by atoms with van der Waals surface area (Å²) in [4.78, 5) is 11.6. The molecular weight excluding hydrogens is 260 g/mol. The minimum atomic E-state index is -0.383. The van der Waals surface area contributed by atoms with Crippen LogP contribution in [-0.2, 0) is 9.53 Å². The van der Waals surface area contributed by atoms with Crippen LogP contribution in [0.25, 0.3) is 0 Å². The second-order valence-electron chi connectivity index (χ2n) is 4.19. The fourth-order valence-corrected chi connectivity index (χ4v) is 1.93. The van der Waals surface area contributed by atoms with E-state index in [1.54, 1.807) is 19.1 Å². The van der Waals surface area contributed by atoms with Gasteiger partial charge in [0.15, 0.2) is 6.10 Å². The van der Waals surface area contributed by atoms with Crippen molar-refractivity contribution in [1.82, 2.24) is 0 Å². The Bertz CT molecular complexity index is 534. The lowest BCUT2D eigenvalue weighted by Crippen LogP contribution is -2.11. The lowest BCUT2D eigenvalue weighted by atomic mass is 10.0. The Labute approximate surface area is 118 Å². The highest BCUT2D eigenvalue weighted by molar-refractivity contribution is 6.30. The summed E-state index contributed by atoms with van der Waals surface area (Å²) in [6.07, 6.45) is -0.0254. The van der Waals surface area contributed by atoms with Crippen molar-refractivity contribution in [3.63, 3.8) is 0 Å². The first kappa shape index (κ1) is 13.6. The van der Waals surface area contributed by atoms with Crippen molar-refractivity contribution in [3.8, 4) is 0 Å². The molecule has 0 aliphatic heterocycles. The third-order valence-corrected chi connectivity index (χ3v) is 3.07. The molecule has 0 aliphatic carbocycles. The summed E-state index contributed by atoms with van der Waals surface area (Å²) in [5, 5.41) is 0.664. The fourth-order valence-electron chi connectivity index (χ4n) is 1.81. The van der Waals surface area contributed by atoms with Gasteiger partial charge in [-0.3, -0.25) is 4.79 Å². The monoisotopic (exact) mass is 274 g/mol. The van der Waals surface area contributed by atoms with E-state index in [1.165, 1.54) is 0 Å². The van der Waals surface area contributed by atoms with Gasteiger partial charge in [-0.05, 0) is 23.3 Å². The van der Waals surface area contributed by atoms with Crippen LogP contribution in [0.3, 0.4) is 0 Å². The number of carbonyl (C=O) groups is 1. The highest BCUT2D eigenvalue weighted by atomic mass is 35.5. The highest BCUT2D eigenvalue weighted by Crippen LogP contribution is 2.27. The molecule has 0 saturated carbocycles. The molecule has 98 valence electrons. The molecule has 0 spiro atoms. The summed E-state index contributed by atoms with van der Waals surface area (Å²) in [6, 6.07) is 17.0. The predicted molar refractivity (Wildman–Crippen MR) is 76.1 cm³/mol. The first-order chi connectivity index (χ1) is 9.20. The van der Waals surface area contributed by atoms with Crippen LogP contribution in [0.15, 0.2) is 54.6 Å². The third-order valence-electron chi connectivity index (χ3n) is 2.81. The number of hydrogen-bond donors (Lipinski definition) is 0. The number of carbonyl (C=O) groups excluding carboxylic acids is 1. The second-order valence-corrected chi connectivity index (χ2v) is 4.62. The molecule has 0 unspecified atom stereocenters. The summed E-state index contributed by atoms with van der Waals surface area (Å²) in [7, 11) is 0. The molecular formula is C16H15ClO2. The van der Waals surface area contributed by atoms with Gasteiger partial charge >= 0.3 is 5.97 Å². The zero-order valence-corrected chi connectivity index (χ0v) is 11.4. The number of ether oxygens (including phenoxy) is 1. The Morgan fingerprint density at radius 2 is 1.63 bits per heavy atom. The maximum atomic E-state index is 11.6. The van der Waals surface area contributed by atoms with E-state index in [0.29, 0.717) is 11.4 Å². The molecule has 0 aromatic heterocycles. The molecule has 2 rings (SSSR count). The Balaban J connectivity index is 2.34. The highest BCUT2D eigenvalue weighted by Gasteiger charge is 2.17. The van der Waals surface area contributed by atoms with E-state index in [9.17, 15) is 4.79 Å². The molecule has 0 radical (unpaired) electrons. The van der Waals surface area contributed by atoms with E-state index in [4.69, 9.17) is 16.3 Å². The van der Waals surface area contributed by atoms with Gasteiger partial charge in [0.2, 0.25) is 0 Å². The lowest BCUT2D eigenvalue weighted by molar-refractivity contribution is -0.147. The van der Waals surface area contributed by atoms with Crippen LogP contribution in [0.4, 0.5) is 0 Å². The van der Waals surface area contributed by atoms with E-state index in [2.05, 4.69) is 0 Å². The number of esters is 1. The fraction of sp³-hybridized carbons (Fsp3) is 0.188. The van der Waals surface area contributed by atoms with Gasteiger partial charge in [-0.1, -0.05) is 61.0 Å². The molecule has 2 aromatic carbocycles. The van der Waals surface area contributed by atoms with Crippen molar-refractivity contribution in [2.24, 2.45) is 0 Å². The van der Waals surface area contributed by atoms with Gasteiger partial charge in [0.05, 0.1) is 0 Å². The van der Waals surface area contributed by atoms with Gasteiger partial charge in [-0.2, -0.15) is 0 Å². The maximum Gasteiger partial charge on any atom is 0.306 e. The van der Waals surface area contributed by atoms with Crippen molar-refractivity contribution in [2.75, 3.05) is 0 Å². The first-order valence-corrected chi connectivity index (χ1v) is 6.58. The van der Waals surface area contributed by atoms with E-state index < -0.39 is 0 Å². The Morgan fingerprint density at radius 1 is 1.05 bits per heavy atom. The maximum absolute atomic E-state index is 11.6. The summed E-state index contributed by atoms with van der Waals surface area (Å²) >= 11 is 5.89. The molecule has 0 bridgehead atoms. The van der Waals surface area contributed by atoms with Crippen molar-refractivity contribution >= 4 is 17.6 Å². The summed E-state index contributed by atoms with van der Waals surface area (Å²) in [5.41, 5.74) is 1.86. The zero-order chi connectivity index (χ0) is 13.7.